The van der Waals surface area contributed by atoms with E-state index >= 15 is 0 Å². The first kappa shape index (κ1) is 14.5. The predicted octanol–water partition coefficient (Wildman–Crippen LogP) is 1.39. The van der Waals surface area contributed by atoms with E-state index < -0.39 is 10.0 Å². The lowest BCUT2D eigenvalue weighted by atomic mass is 10.1. The van der Waals surface area contributed by atoms with Gasteiger partial charge >= 0.3 is 0 Å². The van der Waals surface area contributed by atoms with Crippen molar-refractivity contribution < 1.29 is 18.3 Å². The van der Waals surface area contributed by atoms with Crippen molar-refractivity contribution in [1.29, 1.82) is 0 Å². The Morgan fingerprint density at radius 2 is 2.20 bits per heavy atom. The highest BCUT2D eigenvalue weighted by Crippen LogP contribution is 2.39. The van der Waals surface area contributed by atoms with Gasteiger partial charge in [-0.2, -0.15) is 0 Å². The Bertz CT molecular complexity index is 592. The Hall–Kier alpha value is -0.470. The van der Waals surface area contributed by atoms with Gasteiger partial charge in [0.2, 0.25) is 10.0 Å². The summed E-state index contributed by atoms with van der Waals surface area (Å²) < 4.78 is 33.6. The second-order valence-corrected chi connectivity index (χ2v) is 8.60. The number of hydrogen-bond donors (Lipinski definition) is 2. The highest BCUT2D eigenvalue weighted by Gasteiger charge is 2.42. The van der Waals surface area contributed by atoms with Gasteiger partial charge < -0.3 is 9.84 Å². The molecule has 5 nitrogen and oxygen atoms in total. The van der Waals surface area contributed by atoms with Crippen molar-refractivity contribution in [3.8, 4) is 0 Å². The van der Waals surface area contributed by atoms with Gasteiger partial charge in [0.1, 0.15) is 4.21 Å². The number of rotatable bonds is 5. The monoisotopic (exact) mass is 317 g/mol. The maximum absolute atomic E-state index is 12.4. The molecular weight excluding hydrogens is 298 g/mol. The van der Waals surface area contributed by atoms with Crippen molar-refractivity contribution in [2.24, 2.45) is 5.92 Å². The van der Waals surface area contributed by atoms with Gasteiger partial charge in [0, 0.05) is 11.5 Å². The fourth-order valence-electron chi connectivity index (χ4n) is 2.66. The van der Waals surface area contributed by atoms with E-state index in [9.17, 15) is 13.5 Å². The Morgan fingerprint density at radius 1 is 1.45 bits per heavy atom. The molecule has 1 saturated carbocycles. The van der Waals surface area contributed by atoms with Crippen LogP contribution in [0.3, 0.4) is 0 Å². The van der Waals surface area contributed by atoms with Crippen LogP contribution in [0.4, 0.5) is 0 Å². The van der Waals surface area contributed by atoms with Crippen LogP contribution in [-0.4, -0.2) is 32.3 Å². The molecule has 20 heavy (non-hydrogen) atoms. The Balaban J connectivity index is 1.77. The van der Waals surface area contributed by atoms with Crippen LogP contribution in [0, 0.1) is 12.8 Å². The van der Waals surface area contributed by atoms with Crippen LogP contribution in [0.25, 0.3) is 0 Å². The Morgan fingerprint density at radius 3 is 2.80 bits per heavy atom. The highest BCUT2D eigenvalue weighted by atomic mass is 32.2. The molecule has 0 aromatic carbocycles. The van der Waals surface area contributed by atoms with Crippen molar-refractivity contribution in [3.63, 3.8) is 0 Å². The minimum Gasteiger partial charge on any atom is -0.391 e. The molecule has 1 saturated heterocycles. The topological polar surface area (TPSA) is 75.6 Å². The van der Waals surface area contributed by atoms with Crippen LogP contribution in [0.5, 0.6) is 0 Å². The largest absolute Gasteiger partial charge is 0.391 e. The average molecular weight is 317 g/mol. The lowest BCUT2D eigenvalue weighted by molar-refractivity contribution is 0.0848. The van der Waals surface area contributed by atoms with Crippen molar-refractivity contribution in [2.75, 3.05) is 6.61 Å². The summed E-state index contributed by atoms with van der Waals surface area (Å²) in [5.74, 6) is 0.517. The molecule has 2 atom stereocenters. The standard InChI is InChI=1S/C13H19NO4S2/c1-8-6-12(19-11(8)7-15)20(16,17)14-10-4-5-18-13(10)9-2-3-9/h6,9-10,13-15H,2-5,7H2,1H3. The van der Waals surface area contributed by atoms with E-state index in [-0.39, 0.29) is 23.0 Å². The molecule has 2 fully saturated rings. The molecule has 1 aromatic heterocycles. The van der Waals surface area contributed by atoms with Crippen molar-refractivity contribution in [2.45, 2.75) is 49.1 Å². The molecule has 112 valence electrons. The third kappa shape index (κ3) is 2.78. The molecule has 2 unspecified atom stereocenters. The molecule has 2 aliphatic rings. The maximum Gasteiger partial charge on any atom is 0.250 e. The van der Waals surface area contributed by atoms with E-state index in [1.807, 2.05) is 6.92 Å². The maximum atomic E-state index is 12.4. The molecule has 1 aliphatic heterocycles. The molecule has 2 heterocycles. The Labute approximate surface area is 123 Å². The van der Waals surface area contributed by atoms with Crippen molar-refractivity contribution >= 4 is 21.4 Å². The molecule has 1 aliphatic carbocycles. The van der Waals surface area contributed by atoms with Gasteiger partial charge in [0.15, 0.2) is 0 Å². The second-order valence-electron chi connectivity index (χ2n) is 5.52. The van der Waals surface area contributed by atoms with Gasteiger partial charge in [0.25, 0.3) is 0 Å². The van der Waals surface area contributed by atoms with E-state index in [4.69, 9.17) is 4.74 Å². The number of ether oxygens (including phenoxy) is 1. The Kier molecular flexibility index (Phi) is 3.89. The van der Waals surface area contributed by atoms with Crippen LogP contribution in [0.1, 0.15) is 29.7 Å². The quantitative estimate of drug-likeness (QED) is 0.860. The summed E-state index contributed by atoms with van der Waals surface area (Å²) in [6.07, 6.45) is 3.03. The van der Waals surface area contributed by atoms with Gasteiger partial charge in [0.05, 0.1) is 18.8 Å². The van der Waals surface area contributed by atoms with Crippen LogP contribution >= 0.6 is 11.3 Å². The summed E-state index contributed by atoms with van der Waals surface area (Å²) >= 11 is 1.13. The van der Waals surface area contributed by atoms with E-state index in [0.717, 1.165) is 36.2 Å². The van der Waals surface area contributed by atoms with Crippen molar-refractivity contribution in [1.82, 2.24) is 4.72 Å². The molecule has 0 radical (unpaired) electrons. The molecule has 1 aromatic rings. The van der Waals surface area contributed by atoms with Gasteiger partial charge in [-0.3, -0.25) is 0 Å². The van der Waals surface area contributed by atoms with Crippen LogP contribution < -0.4 is 4.72 Å². The molecule has 0 amide bonds. The molecular formula is C13H19NO4S2. The number of nitrogens with one attached hydrogen (secondary N) is 1. The minimum absolute atomic E-state index is 0.0307. The third-order valence-corrected chi connectivity index (χ3v) is 7.12. The number of aliphatic hydroxyl groups excluding tert-OH is 1. The molecule has 0 spiro atoms. The zero-order valence-electron chi connectivity index (χ0n) is 11.3. The first-order valence-electron chi connectivity index (χ1n) is 6.85. The fourth-order valence-corrected chi connectivity index (χ4v) is 5.41. The average Bonchev–Trinajstić information content (AvgIpc) is 3.02. The first-order valence-corrected chi connectivity index (χ1v) is 9.15. The van der Waals surface area contributed by atoms with Crippen molar-refractivity contribution in [3.05, 3.63) is 16.5 Å². The number of sulfonamides is 1. The normalized spacial score (nSPS) is 27.1. The molecule has 2 N–H and O–H groups in total. The van der Waals surface area contributed by atoms with Gasteiger partial charge in [-0.05, 0) is 43.7 Å². The number of thiophene rings is 1. The van der Waals surface area contributed by atoms with Crippen LogP contribution in [-0.2, 0) is 21.4 Å². The first-order chi connectivity index (χ1) is 9.51. The summed E-state index contributed by atoms with van der Waals surface area (Å²) in [7, 11) is -3.52. The second kappa shape index (κ2) is 5.38. The summed E-state index contributed by atoms with van der Waals surface area (Å²) in [5, 5.41) is 9.18. The summed E-state index contributed by atoms with van der Waals surface area (Å²) in [6.45, 7) is 2.32. The number of aryl methyl sites for hydroxylation is 1. The van der Waals surface area contributed by atoms with E-state index in [1.54, 1.807) is 6.07 Å². The molecule has 0 bridgehead atoms. The molecule has 3 rings (SSSR count). The zero-order valence-corrected chi connectivity index (χ0v) is 13.0. The van der Waals surface area contributed by atoms with Gasteiger partial charge in [-0.15, -0.1) is 11.3 Å². The zero-order chi connectivity index (χ0) is 14.3. The lowest BCUT2D eigenvalue weighted by Gasteiger charge is -2.18. The van der Waals surface area contributed by atoms with Gasteiger partial charge in [-0.25, -0.2) is 13.1 Å². The SMILES string of the molecule is Cc1cc(S(=O)(=O)NC2CCOC2C2CC2)sc1CO. The van der Waals surface area contributed by atoms with Crippen LogP contribution in [0.2, 0.25) is 0 Å². The third-order valence-electron chi connectivity index (χ3n) is 3.94. The number of hydrogen-bond acceptors (Lipinski definition) is 5. The van der Waals surface area contributed by atoms with Gasteiger partial charge in [-0.1, -0.05) is 0 Å². The smallest absolute Gasteiger partial charge is 0.250 e. The van der Waals surface area contributed by atoms with E-state index in [1.165, 1.54) is 0 Å². The summed E-state index contributed by atoms with van der Waals surface area (Å²) in [4.78, 5) is 0.701. The number of aliphatic hydroxyl groups is 1. The summed E-state index contributed by atoms with van der Waals surface area (Å²) in [5.41, 5.74) is 0.819. The van der Waals surface area contributed by atoms with Crippen LogP contribution in [0.15, 0.2) is 10.3 Å². The lowest BCUT2D eigenvalue weighted by Crippen LogP contribution is -2.41. The fraction of sp³-hybridized carbons (Fsp3) is 0.692. The van der Waals surface area contributed by atoms with E-state index in [2.05, 4.69) is 4.72 Å². The molecule has 7 heteroatoms. The predicted molar refractivity (Wildman–Crippen MR) is 76.2 cm³/mol. The highest BCUT2D eigenvalue weighted by molar-refractivity contribution is 7.91. The van der Waals surface area contributed by atoms with E-state index in [0.29, 0.717) is 17.4 Å². The minimum atomic E-state index is -3.52. The summed E-state index contributed by atoms with van der Waals surface area (Å²) in [6, 6.07) is 1.51.